The number of likely N-dealkylation sites (tertiary alicyclic amines) is 2. The first-order valence-corrected chi connectivity index (χ1v) is 9.08. The number of rotatable bonds is 2. The second-order valence-corrected chi connectivity index (χ2v) is 7.41. The van der Waals surface area contributed by atoms with Crippen LogP contribution in [0.1, 0.15) is 60.2 Å². The molecule has 3 heterocycles. The minimum Gasteiger partial charge on any atom is -0.339 e. The molecule has 2 fully saturated rings. The highest BCUT2D eigenvalue weighted by molar-refractivity contribution is 5.99. The lowest BCUT2D eigenvalue weighted by atomic mass is 9.98. The van der Waals surface area contributed by atoms with Crippen LogP contribution in [0, 0.1) is 11.8 Å². The number of carbonyl (C=O) groups is 2. The van der Waals surface area contributed by atoms with E-state index in [1.54, 1.807) is 18.5 Å². The lowest BCUT2D eigenvalue weighted by Crippen LogP contribution is -2.39. The highest BCUT2D eigenvalue weighted by Gasteiger charge is 2.25. The van der Waals surface area contributed by atoms with Crippen LogP contribution < -0.4 is 0 Å². The summed E-state index contributed by atoms with van der Waals surface area (Å²) in [4.78, 5) is 33.2. The lowest BCUT2D eigenvalue weighted by Gasteiger charge is -2.31. The molecule has 0 spiro atoms. The number of pyridine rings is 1. The molecule has 0 saturated carbocycles. The molecule has 24 heavy (non-hydrogen) atoms. The van der Waals surface area contributed by atoms with Crippen molar-refractivity contribution in [1.82, 2.24) is 14.8 Å². The van der Waals surface area contributed by atoms with E-state index in [4.69, 9.17) is 0 Å². The smallest absolute Gasteiger partial charge is 0.255 e. The zero-order valence-electron chi connectivity index (χ0n) is 14.7. The van der Waals surface area contributed by atoms with E-state index in [1.807, 2.05) is 9.80 Å². The number of piperidine rings is 2. The predicted molar refractivity (Wildman–Crippen MR) is 92.8 cm³/mol. The number of amides is 2. The van der Waals surface area contributed by atoms with Gasteiger partial charge in [0, 0.05) is 38.6 Å². The van der Waals surface area contributed by atoms with Crippen LogP contribution in [0.4, 0.5) is 0 Å². The Balaban J connectivity index is 1.69. The van der Waals surface area contributed by atoms with Gasteiger partial charge < -0.3 is 9.80 Å². The quantitative estimate of drug-likeness (QED) is 0.838. The topological polar surface area (TPSA) is 53.5 Å². The van der Waals surface area contributed by atoms with Crippen LogP contribution in [0.25, 0.3) is 0 Å². The Morgan fingerprint density at radius 1 is 0.833 bits per heavy atom. The molecule has 1 aromatic heterocycles. The maximum absolute atomic E-state index is 12.7. The van der Waals surface area contributed by atoms with E-state index < -0.39 is 0 Å². The molecule has 2 amide bonds. The fraction of sp³-hybridized carbons (Fsp3) is 0.632. The third-order valence-electron chi connectivity index (χ3n) is 5.37. The largest absolute Gasteiger partial charge is 0.339 e. The second kappa shape index (κ2) is 7.32. The molecule has 5 nitrogen and oxygen atoms in total. The van der Waals surface area contributed by atoms with Crippen molar-refractivity contribution < 1.29 is 9.59 Å². The molecule has 0 N–H and O–H groups in total. The van der Waals surface area contributed by atoms with Crippen LogP contribution in [-0.4, -0.2) is 52.8 Å². The van der Waals surface area contributed by atoms with Gasteiger partial charge in [0.1, 0.15) is 0 Å². The van der Waals surface area contributed by atoms with Crippen molar-refractivity contribution in [3.05, 3.63) is 29.6 Å². The maximum atomic E-state index is 12.7. The van der Waals surface area contributed by atoms with E-state index in [1.165, 1.54) is 0 Å². The molecule has 2 aliphatic rings. The molecule has 0 aliphatic carbocycles. The van der Waals surface area contributed by atoms with Crippen LogP contribution in [0.15, 0.2) is 18.5 Å². The standard InChI is InChI=1S/C19H27N3O2/c1-14-3-7-21(8-4-14)18(23)16-11-17(13-20-12-16)19(24)22-9-5-15(2)6-10-22/h11-15H,3-10H2,1-2H3. The van der Waals surface area contributed by atoms with Gasteiger partial charge in [-0.1, -0.05) is 13.8 Å². The monoisotopic (exact) mass is 329 g/mol. The Hall–Kier alpha value is -1.91. The summed E-state index contributed by atoms with van der Waals surface area (Å²) in [6.45, 7) is 7.62. The van der Waals surface area contributed by atoms with Gasteiger partial charge in [0.15, 0.2) is 0 Å². The van der Waals surface area contributed by atoms with Gasteiger partial charge in [-0.25, -0.2) is 0 Å². The Morgan fingerprint density at radius 2 is 1.21 bits per heavy atom. The molecular weight excluding hydrogens is 302 g/mol. The highest BCUT2D eigenvalue weighted by Crippen LogP contribution is 2.20. The molecular formula is C19H27N3O2. The van der Waals surface area contributed by atoms with Gasteiger partial charge in [0.05, 0.1) is 11.1 Å². The Morgan fingerprint density at radius 3 is 1.58 bits per heavy atom. The fourth-order valence-corrected chi connectivity index (χ4v) is 3.46. The molecule has 0 radical (unpaired) electrons. The molecule has 2 saturated heterocycles. The number of hydrogen-bond acceptors (Lipinski definition) is 3. The molecule has 1 aromatic rings. The predicted octanol–water partition coefficient (Wildman–Crippen LogP) is 2.83. The van der Waals surface area contributed by atoms with Gasteiger partial charge in [-0.15, -0.1) is 0 Å². The summed E-state index contributed by atoms with van der Waals surface area (Å²) < 4.78 is 0. The molecule has 3 rings (SSSR count). The van der Waals surface area contributed by atoms with Crippen LogP contribution in [0.3, 0.4) is 0 Å². The minimum absolute atomic E-state index is 0.00341. The van der Waals surface area contributed by atoms with E-state index in [0.29, 0.717) is 23.0 Å². The van der Waals surface area contributed by atoms with Crippen molar-refractivity contribution in [2.45, 2.75) is 39.5 Å². The zero-order chi connectivity index (χ0) is 17.1. The summed E-state index contributed by atoms with van der Waals surface area (Å²) in [5, 5.41) is 0. The van der Waals surface area contributed by atoms with Crippen molar-refractivity contribution in [3.63, 3.8) is 0 Å². The molecule has 0 atom stereocenters. The van der Waals surface area contributed by atoms with E-state index in [0.717, 1.165) is 51.9 Å². The van der Waals surface area contributed by atoms with Gasteiger partial charge in [-0.05, 0) is 43.6 Å². The maximum Gasteiger partial charge on any atom is 0.255 e. The SMILES string of the molecule is CC1CCN(C(=O)c2cncc(C(=O)N3CCC(C)CC3)c2)CC1. The molecule has 130 valence electrons. The minimum atomic E-state index is -0.00341. The van der Waals surface area contributed by atoms with Crippen molar-refractivity contribution in [3.8, 4) is 0 Å². The van der Waals surface area contributed by atoms with Gasteiger partial charge in [0.2, 0.25) is 0 Å². The van der Waals surface area contributed by atoms with Gasteiger partial charge in [-0.2, -0.15) is 0 Å². The van der Waals surface area contributed by atoms with Gasteiger partial charge in [0.25, 0.3) is 11.8 Å². The third kappa shape index (κ3) is 3.77. The fourth-order valence-electron chi connectivity index (χ4n) is 3.46. The molecule has 5 heteroatoms. The molecule has 2 aliphatic heterocycles. The Kier molecular flexibility index (Phi) is 5.17. The number of hydrogen-bond donors (Lipinski definition) is 0. The summed E-state index contributed by atoms with van der Waals surface area (Å²) in [6.07, 6.45) is 7.34. The first-order chi connectivity index (χ1) is 11.5. The molecule has 0 unspecified atom stereocenters. The Bertz CT molecular complexity index is 551. The van der Waals surface area contributed by atoms with Gasteiger partial charge >= 0.3 is 0 Å². The summed E-state index contributed by atoms with van der Waals surface area (Å²) in [5.74, 6) is 1.36. The lowest BCUT2D eigenvalue weighted by molar-refractivity contribution is 0.0695. The van der Waals surface area contributed by atoms with Crippen LogP contribution >= 0.6 is 0 Å². The second-order valence-electron chi connectivity index (χ2n) is 7.41. The van der Waals surface area contributed by atoms with Crippen molar-refractivity contribution in [2.24, 2.45) is 11.8 Å². The number of aromatic nitrogens is 1. The van der Waals surface area contributed by atoms with E-state index in [2.05, 4.69) is 18.8 Å². The zero-order valence-corrected chi connectivity index (χ0v) is 14.7. The molecule has 0 aromatic carbocycles. The molecule has 0 bridgehead atoms. The average Bonchev–Trinajstić information content (AvgIpc) is 2.62. The highest BCUT2D eigenvalue weighted by atomic mass is 16.2. The number of carbonyl (C=O) groups excluding carboxylic acids is 2. The van der Waals surface area contributed by atoms with Crippen molar-refractivity contribution in [1.29, 1.82) is 0 Å². The van der Waals surface area contributed by atoms with E-state index in [-0.39, 0.29) is 11.8 Å². The third-order valence-corrected chi connectivity index (χ3v) is 5.37. The normalized spacial score (nSPS) is 20.2. The van der Waals surface area contributed by atoms with Crippen LogP contribution in [0.2, 0.25) is 0 Å². The Labute approximate surface area is 144 Å². The summed E-state index contributed by atoms with van der Waals surface area (Å²) in [7, 11) is 0. The summed E-state index contributed by atoms with van der Waals surface area (Å²) in [5.41, 5.74) is 1.06. The average molecular weight is 329 g/mol. The summed E-state index contributed by atoms with van der Waals surface area (Å²) in [6, 6.07) is 1.72. The first-order valence-electron chi connectivity index (χ1n) is 9.08. The van der Waals surface area contributed by atoms with Crippen molar-refractivity contribution in [2.75, 3.05) is 26.2 Å². The first kappa shape index (κ1) is 16.9. The van der Waals surface area contributed by atoms with E-state index >= 15 is 0 Å². The van der Waals surface area contributed by atoms with Gasteiger partial charge in [-0.3, -0.25) is 14.6 Å². The van der Waals surface area contributed by atoms with Crippen LogP contribution in [-0.2, 0) is 0 Å². The van der Waals surface area contributed by atoms with E-state index in [9.17, 15) is 9.59 Å². The summed E-state index contributed by atoms with van der Waals surface area (Å²) >= 11 is 0. The number of nitrogens with zero attached hydrogens (tertiary/aromatic N) is 3. The van der Waals surface area contributed by atoms with Crippen LogP contribution in [0.5, 0.6) is 0 Å². The van der Waals surface area contributed by atoms with Crippen molar-refractivity contribution >= 4 is 11.8 Å².